The molecule has 0 nitrogen and oxygen atoms in total. The van der Waals surface area contributed by atoms with Crippen LogP contribution >= 0.6 is 0 Å². The lowest BCUT2D eigenvalue weighted by Crippen LogP contribution is -1.96. The highest BCUT2D eigenvalue weighted by atomic mass is 14.1. The van der Waals surface area contributed by atoms with Gasteiger partial charge in [0.1, 0.15) is 0 Å². The summed E-state index contributed by atoms with van der Waals surface area (Å²) in [7, 11) is 0. The van der Waals surface area contributed by atoms with Gasteiger partial charge in [0.05, 0.1) is 0 Å². The Kier molecular flexibility index (Phi) is 6.24. The van der Waals surface area contributed by atoms with Crippen molar-refractivity contribution in [2.75, 3.05) is 0 Å². The molecule has 0 saturated carbocycles. The van der Waals surface area contributed by atoms with Crippen molar-refractivity contribution in [2.45, 2.75) is 66.2 Å². The van der Waals surface area contributed by atoms with Crippen molar-refractivity contribution in [3.05, 3.63) is 58.7 Å². The molecule has 0 aromatic heterocycles. The third kappa shape index (κ3) is 4.22. The van der Waals surface area contributed by atoms with Gasteiger partial charge in [-0.05, 0) is 61.8 Å². The number of hydrogen-bond donors (Lipinski definition) is 0. The van der Waals surface area contributed by atoms with E-state index in [1.54, 1.807) is 0 Å². The summed E-state index contributed by atoms with van der Waals surface area (Å²) < 4.78 is 0. The minimum absolute atomic E-state index is 1.19. The maximum atomic E-state index is 2.39. The molecule has 0 heterocycles. The predicted molar refractivity (Wildman–Crippen MR) is 98.6 cm³/mol. The number of benzene rings is 2. The van der Waals surface area contributed by atoms with Crippen LogP contribution in [0.4, 0.5) is 0 Å². The highest BCUT2D eigenvalue weighted by Gasteiger charge is 2.10. The minimum Gasteiger partial charge on any atom is -0.0654 e. The first-order valence-corrected chi connectivity index (χ1v) is 8.85. The largest absolute Gasteiger partial charge is 0.0654 e. The zero-order valence-electron chi connectivity index (χ0n) is 14.7. The average molecular weight is 294 g/mol. The lowest BCUT2D eigenvalue weighted by Gasteiger charge is -2.16. The SMILES string of the molecule is CCCCc1cc(C)ccc1-c1cc(C)ccc1CCCC. The molecule has 22 heavy (non-hydrogen) atoms. The molecular weight excluding hydrogens is 264 g/mol. The molecule has 0 N–H and O–H groups in total. The topological polar surface area (TPSA) is 0 Å². The van der Waals surface area contributed by atoms with Crippen LogP contribution in [-0.2, 0) is 12.8 Å². The van der Waals surface area contributed by atoms with Gasteiger partial charge in [-0.2, -0.15) is 0 Å². The first kappa shape index (κ1) is 16.8. The highest BCUT2D eigenvalue weighted by Crippen LogP contribution is 2.31. The second-order valence-corrected chi connectivity index (χ2v) is 6.53. The second-order valence-electron chi connectivity index (χ2n) is 6.53. The van der Waals surface area contributed by atoms with E-state index < -0.39 is 0 Å². The summed E-state index contributed by atoms with van der Waals surface area (Å²) in [6, 6.07) is 14.0. The molecule has 0 unspecified atom stereocenters. The normalized spacial score (nSPS) is 10.9. The molecule has 2 rings (SSSR count). The number of unbranched alkanes of at least 4 members (excludes halogenated alkanes) is 2. The monoisotopic (exact) mass is 294 g/mol. The minimum atomic E-state index is 1.19. The Bertz CT molecular complexity index is 607. The third-order valence-electron chi connectivity index (χ3n) is 4.42. The summed E-state index contributed by atoms with van der Waals surface area (Å²) in [6.07, 6.45) is 7.43. The van der Waals surface area contributed by atoms with Crippen molar-refractivity contribution < 1.29 is 0 Å². The van der Waals surface area contributed by atoms with E-state index in [1.807, 2.05) is 0 Å². The lowest BCUT2D eigenvalue weighted by molar-refractivity contribution is 0.791. The molecule has 2 aromatic carbocycles. The average Bonchev–Trinajstić information content (AvgIpc) is 2.52. The number of rotatable bonds is 7. The van der Waals surface area contributed by atoms with Crippen LogP contribution in [0.5, 0.6) is 0 Å². The van der Waals surface area contributed by atoms with Crippen LogP contribution in [0.3, 0.4) is 0 Å². The Morgan fingerprint density at radius 3 is 1.91 bits per heavy atom. The van der Waals surface area contributed by atoms with Gasteiger partial charge in [0.15, 0.2) is 0 Å². The van der Waals surface area contributed by atoms with E-state index >= 15 is 0 Å². The zero-order valence-corrected chi connectivity index (χ0v) is 14.7. The summed E-state index contributed by atoms with van der Waals surface area (Å²) in [5, 5.41) is 0. The van der Waals surface area contributed by atoms with Crippen LogP contribution in [-0.4, -0.2) is 0 Å². The van der Waals surface area contributed by atoms with E-state index in [0.717, 1.165) is 0 Å². The van der Waals surface area contributed by atoms with Crippen molar-refractivity contribution in [2.24, 2.45) is 0 Å². The Hall–Kier alpha value is -1.56. The molecule has 0 saturated heterocycles. The molecule has 0 aliphatic rings. The quantitative estimate of drug-likeness (QED) is 0.536. The maximum absolute atomic E-state index is 2.39. The van der Waals surface area contributed by atoms with Crippen LogP contribution in [0.15, 0.2) is 36.4 Å². The van der Waals surface area contributed by atoms with E-state index in [9.17, 15) is 0 Å². The van der Waals surface area contributed by atoms with Crippen LogP contribution < -0.4 is 0 Å². The van der Waals surface area contributed by atoms with E-state index in [1.165, 1.54) is 71.9 Å². The fourth-order valence-electron chi connectivity index (χ4n) is 3.09. The molecular formula is C22H30. The van der Waals surface area contributed by atoms with Gasteiger partial charge in [0, 0.05) is 0 Å². The molecule has 2 aromatic rings. The fourth-order valence-corrected chi connectivity index (χ4v) is 3.09. The molecule has 0 atom stereocenters. The van der Waals surface area contributed by atoms with Gasteiger partial charge in [0.25, 0.3) is 0 Å². The van der Waals surface area contributed by atoms with Crippen molar-refractivity contribution in [1.82, 2.24) is 0 Å². The van der Waals surface area contributed by atoms with Gasteiger partial charge < -0.3 is 0 Å². The van der Waals surface area contributed by atoms with E-state index in [0.29, 0.717) is 0 Å². The second kappa shape index (κ2) is 8.17. The van der Waals surface area contributed by atoms with Crippen molar-refractivity contribution >= 4 is 0 Å². The molecule has 0 aliphatic heterocycles. The van der Waals surface area contributed by atoms with E-state index in [4.69, 9.17) is 0 Å². The van der Waals surface area contributed by atoms with Gasteiger partial charge >= 0.3 is 0 Å². The van der Waals surface area contributed by atoms with E-state index in [-0.39, 0.29) is 0 Å². The summed E-state index contributed by atoms with van der Waals surface area (Å²) in [6.45, 7) is 8.95. The van der Waals surface area contributed by atoms with Crippen molar-refractivity contribution in [3.8, 4) is 11.1 Å². The molecule has 0 aliphatic carbocycles. The molecule has 0 radical (unpaired) electrons. The third-order valence-corrected chi connectivity index (χ3v) is 4.42. The molecule has 0 amide bonds. The molecule has 0 heteroatoms. The van der Waals surface area contributed by atoms with Crippen LogP contribution in [0.25, 0.3) is 11.1 Å². The number of aryl methyl sites for hydroxylation is 4. The molecule has 118 valence electrons. The summed E-state index contributed by atoms with van der Waals surface area (Å²) in [4.78, 5) is 0. The highest BCUT2D eigenvalue weighted by molar-refractivity contribution is 5.72. The maximum Gasteiger partial charge on any atom is -0.0147 e. The van der Waals surface area contributed by atoms with Gasteiger partial charge in [-0.1, -0.05) is 74.2 Å². The summed E-state index contributed by atoms with van der Waals surface area (Å²) >= 11 is 0. The van der Waals surface area contributed by atoms with Gasteiger partial charge in [0.2, 0.25) is 0 Å². The van der Waals surface area contributed by atoms with Gasteiger partial charge in [-0.15, -0.1) is 0 Å². The first-order valence-electron chi connectivity index (χ1n) is 8.85. The summed E-state index contributed by atoms with van der Waals surface area (Å²) in [5.41, 5.74) is 8.67. The van der Waals surface area contributed by atoms with Crippen molar-refractivity contribution in [1.29, 1.82) is 0 Å². The van der Waals surface area contributed by atoms with Gasteiger partial charge in [-0.25, -0.2) is 0 Å². The fraction of sp³-hybridized carbons (Fsp3) is 0.455. The zero-order chi connectivity index (χ0) is 15.9. The lowest BCUT2D eigenvalue weighted by atomic mass is 9.89. The molecule has 0 bridgehead atoms. The number of hydrogen-bond acceptors (Lipinski definition) is 0. The molecule has 0 fully saturated rings. The van der Waals surface area contributed by atoms with Crippen LogP contribution in [0.2, 0.25) is 0 Å². The summed E-state index contributed by atoms with van der Waals surface area (Å²) in [5.74, 6) is 0. The van der Waals surface area contributed by atoms with Crippen LogP contribution in [0.1, 0.15) is 61.8 Å². The predicted octanol–water partition coefficient (Wildman–Crippen LogP) is 6.66. The molecule has 0 spiro atoms. The standard InChI is InChI=1S/C22H30/c1-5-7-9-19-13-11-18(4)16-22(19)21-14-12-17(3)15-20(21)10-8-6-2/h11-16H,5-10H2,1-4H3. The Morgan fingerprint density at radius 1 is 0.636 bits per heavy atom. The first-order chi connectivity index (χ1) is 10.7. The Balaban J connectivity index is 2.47. The van der Waals surface area contributed by atoms with E-state index in [2.05, 4.69) is 64.1 Å². The Morgan fingerprint density at radius 2 is 1.23 bits per heavy atom. The van der Waals surface area contributed by atoms with Crippen molar-refractivity contribution in [3.63, 3.8) is 0 Å². The Labute approximate surface area is 136 Å². The smallest absolute Gasteiger partial charge is 0.0147 e. The van der Waals surface area contributed by atoms with Gasteiger partial charge in [-0.3, -0.25) is 0 Å². The van der Waals surface area contributed by atoms with Crippen LogP contribution in [0, 0.1) is 13.8 Å².